The van der Waals surface area contributed by atoms with E-state index in [0.717, 1.165) is 23.4 Å². The topological polar surface area (TPSA) is 90.5 Å². The molecule has 5 nitrogen and oxygen atoms in total. The number of nitrogens with zero attached hydrogens (tertiary/aromatic N) is 1. The Kier molecular flexibility index (Phi) is 8.88. The summed E-state index contributed by atoms with van der Waals surface area (Å²) < 4.78 is 6.05. The zero-order valence-electron chi connectivity index (χ0n) is 18.2. The monoisotopic (exact) mass is 406 g/mol. The summed E-state index contributed by atoms with van der Waals surface area (Å²) in [7, 11) is 0. The Morgan fingerprint density at radius 3 is 2.30 bits per heavy atom. The first-order chi connectivity index (χ1) is 14.4. The maximum Gasteiger partial charge on any atom is 0.129 e. The molecule has 0 saturated heterocycles. The Morgan fingerprint density at radius 2 is 1.67 bits per heavy atom. The van der Waals surface area contributed by atoms with E-state index in [4.69, 9.17) is 21.9 Å². The average molecular weight is 407 g/mol. The van der Waals surface area contributed by atoms with Crippen LogP contribution in [0.1, 0.15) is 31.9 Å². The SMILES string of the molecule is C/C=C\CN(CC(C)C)C(/C=C(\N)c1ccccc1OCc1ccccc1)=C(N)N. The number of ether oxygens (including phenoxy) is 1. The van der Waals surface area contributed by atoms with Crippen molar-refractivity contribution in [1.82, 2.24) is 4.90 Å². The van der Waals surface area contributed by atoms with Crippen LogP contribution in [0.4, 0.5) is 0 Å². The van der Waals surface area contributed by atoms with E-state index in [1.807, 2.05) is 73.7 Å². The first kappa shape index (κ1) is 22.9. The van der Waals surface area contributed by atoms with Crippen LogP contribution in [0.25, 0.3) is 5.70 Å². The summed E-state index contributed by atoms with van der Waals surface area (Å²) >= 11 is 0. The predicted molar refractivity (Wildman–Crippen MR) is 126 cm³/mol. The Morgan fingerprint density at radius 1 is 1.00 bits per heavy atom. The molecular formula is C25H34N4O. The summed E-state index contributed by atoms with van der Waals surface area (Å²) in [4.78, 5) is 2.14. The molecule has 0 spiro atoms. The van der Waals surface area contributed by atoms with Gasteiger partial charge in [-0.05, 0) is 36.6 Å². The largest absolute Gasteiger partial charge is 0.488 e. The zero-order valence-corrected chi connectivity index (χ0v) is 18.2. The first-order valence-corrected chi connectivity index (χ1v) is 10.3. The van der Waals surface area contributed by atoms with Crippen LogP contribution < -0.4 is 21.9 Å². The fourth-order valence-electron chi connectivity index (χ4n) is 3.09. The number of hydrogen-bond donors (Lipinski definition) is 3. The van der Waals surface area contributed by atoms with Crippen molar-refractivity contribution in [3.63, 3.8) is 0 Å². The first-order valence-electron chi connectivity index (χ1n) is 10.3. The van der Waals surface area contributed by atoms with Gasteiger partial charge in [-0.1, -0.05) is 68.5 Å². The van der Waals surface area contributed by atoms with Crippen molar-refractivity contribution in [3.8, 4) is 5.75 Å². The van der Waals surface area contributed by atoms with Crippen LogP contribution >= 0.6 is 0 Å². The average Bonchev–Trinajstić information content (AvgIpc) is 2.74. The third kappa shape index (κ3) is 6.92. The van der Waals surface area contributed by atoms with E-state index in [1.165, 1.54) is 0 Å². The van der Waals surface area contributed by atoms with E-state index in [9.17, 15) is 0 Å². The van der Waals surface area contributed by atoms with Gasteiger partial charge in [0.1, 0.15) is 18.2 Å². The van der Waals surface area contributed by atoms with Gasteiger partial charge in [0.2, 0.25) is 0 Å². The minimum Gasteiger partial charge on any atom is -0.488 e. The van der Waals surface area contributed by atoms with Crippen LogP contribution in [0.15, 0.2) is 84.3 Å². The van der Waals surface area contributed by atoms with Crippen molar-refractivity contribution < 1.29 is 4.74 Å². The third-order valence-corrected chi connectivity index (χ3v) is 4.51. The molecule has 0 bridgehead atoms. The van der Waals surface area contributed by atoms with Crippen molar-refractivity contribution in [2.45, 2.75) is 27.4 Å². The number of benzene rings is 2. The minimum atomic E-state index is 0.241. The Balaban J connectivity index is 2.31. The Hall–Kier alpha value is -3.34. The summed E-state index contributed by atoms with van der Waals surface area (Å²) in [5.41, 5.74) is 21.8. The van der Waals surface area contributed by atoms with Crippen molar-refractivity contribution >= 4 is 5.70 Å². The van der Waals surface area contributed by atoms with Gasteiger partial charge in [-0.3, -0.25) is 0 Å². The van der Waals surface area contributed by atoms with Crippen LogP contribution in [-0.4, -0.2) is 18.0 Å². The molecule has 0 aliphatic carbocycles. The van der Waals surface area contributed by atoms with Gasteiger partial charge in [-0.2, -0.15) is 0 Å². The highest BCUT2D eigenvalue weighted by Gasteiger charge is 2.14. The maximum absolute atomic E-state index is 6.49. The van der Waals surface area contributed by atoms with Gasteiger partial charge in [-0.25, -0.2) is 0 Å². The minimum absolute atomic E-state index is 0.241. The van der Waals surface area contributed by atoms with Crippen molar-refractivity contribution in [2.24, 2.45) is 23.1 Å². The van der Waals surface area contributed by atoms with E-state index < -0.39 is 0 Å². The fourth-order valence-corrected chi connectivity index (χ4v) is 3.09. The van der Waals surface area contributed by atoms with Gasteiger partial charge in [0.25, 0.3) is 0 Å². The summed E-state index contributed by atoms with van der Waals surface area (Å²) in [6.45, 7) is 8.30. The molecule has 0 unspecified atom stereocenters. The second-order valence-corrected chi connectivity index (χ2v) is 7.58. The lowest BCUT2D eigenvalue weighted by molar-refractivity contribution is 0.305. The standard InChI is InChI=1S/C25H34N4O/c1-4-5-15-29(17-19(2)3)23(25(27)28)16-22(26)21-13-9-10-14-24(21)30-18-20-11-7-6-8-12-20/h4-14,16,19H,15,17-18,26-28H2,1-3H3/b5-4-,22-16-. The second kappa shape index (κ2) is 11.6. The number of para-hydroxylation sites is 1. The molecule has 30 heavy (non-hydrogen) atoms. The van der Waals surface area contributed by atoms with Crippen molar-refractivity contribution in [1.29, 1.82) is 0 Å². The summed E-state index contributed by atoms with van der Waals surface area (Å²) in [6.07, 6.45) is 5.93. The number of rotatable bonds is 10. The van der Waals surface area contributed by atoms with Crippen LogP contribution in [-0.2, 0) is 6.61 Å². The highest BCUT2D eigenvalue weighted by atomic mass is 16.5. The van der Waals surface area contributed by atoms with Gasteiger partial charge < -0.3 is 26.8 Å². The molecule has 6 N–H and O–H groups in total. The molecule has 2 aromatic rings. The van der Waals surface area contributed by atoms with Crippen LogP contribution in [0.3, 0.4) is 0 Å². The van der Waals surface area contributed by atoms with Crippen LogP contribution in [0, 0.1) is 5.92 Å². The molecule has 160 valence electrons. The smallest absolute Gasteiger partial charge is 0.129 e. The van der Waals surface area contributed by atoms with Gasteiger partial charge in [-0.15, -0.1) is 0 Å². The lowest BCUT2D eigenvalue weighted by atomic mass is 10.1. The molecule has 5 heteroatoms. The van der Waals surface area contributed by atoms with Gasteiger partial charge in [0.15, 0.2) is 0 Å². The van der Waals surface area contributed by atoms with Gasteiger partial charge >= 0.3 is 0 Å². The molecule has 0 fully saturated rings. The number of allylic oxidation sites excluding steroid dienone is 2. The van der Waals surface area contributed by atoms with Crippen LogP contribution in [0.2, 0.25) is 0 Å². The molecule has 0 amide bonds. The molecule has 0 radical (unpaired) electrons. The van der Waals surface area contributed by atoms with Crippen LogP contribution in [0.5, 0.6) is 5.75 Å². The molecule has 0 aromatic heterocycles. The zero-order chi connectivity index (χ0) is 21.9. The highest BCUT2D eigenvalue weighted by Crippen LogP contribution is 2.26. The van der Waals surface area contributed by atoms with E-state index in [-0.39, 0.29) is 5.82 Å². The van der Waals surface area contributed by atoms with Gasteiger partial charge in [0, 0.05) is 24.4 Å². The third-order valence-electron chi connectivity index (χ3n) is 4.51. The molecular weight excluding hydrogens is 372 g/mol. The maximum atomic E-state index is 6.49. The van der Waals surface area contributed by atoms with E-state index in [2.05, 4.69) is 24.8 Å². The van der Waals surface area contributed by atoms with Crippen molar-refractivity contribution in [3.05, 3.63) is 95.5 Å². The lowest BCUT2D eigenvalue weighted by Crippen LogP contribution is -2.31. The number of nitrogens with two attached hydrogens (primary N) is 3. The Bertz CT molecular complexity index is 881. The lowest BCUT2D eigenvalue weighted by Gasteiger charge is -2.27. The highest BCUT2D eigenvalue weighted by molar-refractivity contribution is 5.70. The molecule has 0 heterocycles. The van der Waals surface area contributed by atoms with Crippen molar-refractivity contribution in [2.75, 3.05) is 13.1 Å². The van der Waals surface area contributed by atoms with E-state index >= 15 is 0 Å². The summed E-state index contributed by atoms with van der Waals surface area (Å²) in [5, 5.41) is 0. The van der Waals surface area contributed by atoms with Gasteiger partial charge in [0.05, 0.1) is 5.70 Å². The predicted octanol–water partition coefficient (Wildman–Crippen LogP) is 4.19. The quantitative estimate of drug-likeness (QED) is 0.407. The molecule has 0 saturated carbocycles. The molecule has 0 atom stereocenters. The molecule has 2 rings (SSSR count). The normalized spacial score (nSPS) is 11.7. The molecule has 0 aliphatic rings. The second-order valence-electron chi connectivity index (χ2n) is 7.58. The molecule has 0 aliphatic heterocycles. The fraction of sp³-hybridized carbons (Fsp3) is 0.280. The van der Waals surface area contributed by atoms with E-state index in [0.29, 0.717) is 30.5 Å². The Labute approximate surface area is 180 Å². The summed E-state index contributed by atoms with van der Waals surface area (Å²) in [6, 6.07) is 17.8. The summed E-state index contributed by atoms with van der Waals surface area (Å²) in [5.74, 6) is 1.40. The van der Waals surface area contributed by atoms with E-state index in [1.54, 1.807) is 0 Å². The molecule has 2 aromatic carbocycles. The number of hydrogen-bond acceptors (Lipinski definition) is 5.